The molecule has 2 aromatic rings. The highest BCUT2D eigenvalue weighted by atomic mass is 19.3. The van der Waals surface area contributed by atoms with Gasteiger partial charge >= 0.3 is 6.03 Å². The van der Waals surface area contributed by atoms with Crippen LogP contribution in [0, 0.1) is 17.1 Å². The average Bonchev–Trinajstić information content (AvgIpc) is 3.06. The lowest BCUT2D eigenvalue weighted by molar-refractivity contribution is -0.112. The molecular weight excluding hydrogens is 427 g/mol. The number of anilines is 1. The van der Waals surface area contributed by atoms with Crippen LogP contribution in [0.25, 0.3) is 0 Å². The fourth-order valence-corrected chi connectivity index (χ4v) is 4.36. The second-order valence-corrected chi connectivity index (χ2v) is 8.43. The van der Waals surface area contributed by atoms with Crippen LogP contribution < -0.4 is 5.32 Å². The molecule has 11 heteroatoms. The van der Waals surface area contributed by atoms with Crippen LogP contribution in [0.4, 0.5) is 23.7 Å². The number of carbonyl (C=O) groups is 1. The normalized spacial score (nSPS) is 24.2. The predicted octanol–water partition coefficient (Wildman–Crippen LogP) is 2.48. The monoisotopic (exact) mass is 449 g/mol. The number of nitrogens with one attached hydrogen (secondary N) is 1. The first-order valence-electron chi connectivity index (χ1n) is 10.1. The average molecular weight is 449 g/mol. The first kappa shape index (κ1) is 22.1. The predicted molar refractivity (Wildman–Crippen MR) is 106 cm³/mol. The number of hydrogen-bond acceptors (Lipinski definition) is 5. The number of aliphatic hydroxyl groups excluding tert-OH is 1. The van der Waals surface area contributed by atoms with E-state index in [1.807, 2.05) is 0 Å². The molecule has 2 atom stereocenters. The molecule has 2 aliphatic rings. The molecule has 0 saturated heterocycles. The maximum Gasteiger partial charge on any atom is 0.322 e. The lowest BCUT2D eigenvalue weighted by Crippen LogP contribution is -2.45. The summed E-state index contributed by atoms with van der Waals surface area (Å²) in [5.41, 5.74) is -1.60. The van der Waals surface area contributed by atoms with E-state index in [1.165, 1.54) is 21.7 Å². The molecule has 2 amide bonds. The maximum absolute atomic E-state index is 15.1. The lowest BCUT2D eigenvalue weighted by atomic mass is 9.90. The molecule has 2 aliphatic heterocycles. The fourth-order valence-electron chi connectivity index (χ4n) is 4.36. The van der Waals surface area contributed by atoms with Gasteiger partial charge < -0.3 is 20.4 Å². The molecule has 3 heterocycles. The van der Waals surface area contributed by atoms with Crippen LogP contribution in [-0.2, 0) is 25.4 Å². The molecule has 0 radical (unpaired) electrons. The van der Waals surface area contributed by atoms with Crippen molar-refractivity contribution in [3.05, 3.63) is 46.5 Å². The zero-order chi connectivity index (χ0) is 23.3. The summed E-state index contributed by atoms with van der Waals surface area (Å²) in [5.74, 6) is -4.16. The standard InChI is InChI=1S/C21H22F3N5O3/c1-12-6-17-15(18-21(23,24)10-20(32,11-30)4-5-29(18)27-17)9-28(12)19(31)26-14-2-3-16(22)13(7-14)8-25/h2-3,7,12,30,32H,4-6,9-11H2,1H3,(H,26,31)/t12-,20-/m1/s1. The van der Waals surface area contributed by atoms with Crippen molar-refractivity contribution >= 4 is 11.7 Å². The highest BCUT2D eigenvalue weighted by molar-refractivity contribution is 5.90. The lowest BCUT2D eigenvalue weighted by Gasteiger charge is -2.34. The van der Waals surface area contributed by atoms with E-state index in [4.69, 9.17) is 5.26 Å². The first-order chi connectivity index (χ1) is 15.1. The van der Waals surface area contributed by atoms with E-state index < -0.39 is 36.4 Å². The number of fused-ring (bicyclic) bond motifs is 3. The van der Waals surface area contributed by atoms with E-state index >= 15 is 8.78 Å². The Morgan fingerprint density at radius 1 is 1.44 bits per heavy atom. The van der Waals surface area contributed by atoms with Gasteiger partial charge in [-0.15, -0.1) is 0 Å². The summed E-state index contributed by atoms with van der Waals surface area (Å²) in [6.45, 7) is 0.865. The Labute approximate surface area is 181 Å². The Hall–Kier alpha value is -3.10. The van der Waals surface area contributed by atoms with E-state index in [1.54, 1.807) is 13.0 Å². The van der Waals surface area contributed by atoms with Gasteiger partial charge in [0, 0.05) is 36.7 Å². The number of alkyl halides is 2. The Morgan fingerprint density at radius 2 is 2.19 bits per heavy atom. The second kappa shape index (κ2) is 7.79. The zero-order valence-corrected chi connectivity index (χ0v) is 17.3. The highest BCUT2D eigenvalue weighted by Gasteiger charge is 2.50. The van der Waals surface area contributed by atoms with E-state index in [0.29, 0.717) is 5.69 Å². The van der Waals surface area contributed by atoms with Crippen LogP contribution in [0.3, 0.4) is 0 Å². The summed E-state index contributed by atoms with van der Waals surface area (Å²) in [4.78, 5) is 14.3. The summed E-state index contributed by atoms with van der Waals surface area (Å²) in [6.07, 6.45) is -0.753. The summed E-state index contributed by atoms with van der Waals surface area (Å²) in [5, 5.41) is 35.6. The molecule has 4 rings (SSSR count). The van der Waals surface area contributed by atoms with Gasteiger partial charge in [0.15, 0.2) is 0 Å². The molecular formula is C21H22F3N5O3. The summed E-state index contributed by atoms with van der Waals surface area (Å²) in [7, 11) is 0. The number of benzene rings is 1. The second-order valence-electron chi connectivity index (χ2n) is 8.43. The molecule has 3 N–H and O–H groups in total. The SMILES string of the molecule is C[C@@H]1Cc2nn3c(c2CN1C(=O)Nc1ccc(F)c(C#N)c1)C(F)(F)C[C@@](O)(CO)CC3. The Balaban J connectivity index is 1.62. The van der Waals surface area contributed by atoms with Gasteiger partial charge in [0.1, 0.15) is 17.6 Å². The zero-order valence-electron chi connectivity index (χ0n) is 17.3. The van der Waals surface area contributed by atoms with Crippen LogP contribution in [0.2, 0.25) is 0 Å². The molecule has 1 aromatic carbocycles. The van der Waals surface area contributed by atoms with Crippen LogP contribution in [0.15, 0.2) is 18.2 Å². The number of rotatable bonds is 2. The van der Waals surface area contributed by atoms with Gasteiger partial charge in [-0.2, -0.15) is 19.1 Å². The van der Waals surface area contributed by atoms with Crippen molar-refractivity contribution in [1.82, 2.24) is 14.7 Å². The number of hydrogen-bond donors (Lipinski definition) is 3. The molecule has 0 aliphatic carbocycles. The van der Waals surface area contributed by atoms with E-state index in [2.05, 4.69) is 10.4 Å². The number of urea groups is 1. The smallest absolute Gasteiger partial charge is 0.322 e. The van der Waals surface area contributed by atoms with Gasteiger partial charge in [-0.1, -0.05) is 0 Å². The number of amides is 2. The van der Waals surface area contributed by atoms with Crippen molar-refractivity contribution in [3.63, 3.8) is 0 Å². The van der Waals surface area contributed by atoms with Gasteiger partial charge in [-0.05, 0) is 31.5 Å². The van der Waals surface area contributed by atoms with Gasteiger partial charge in [-0.25, -0.2) is 9.18 Å². The van der Waals surface area contributed by atoms with Crippen molar-refractivity contribution in [3.8, 4) is 6.07 Å². The van der Waals surface area contributed by atoms with Crippen LogP contribution in [-0.4, -0.2) is 49.2 Å². The molecule has 0 saturated carbocycles. The largest absolute Gasteiger partial charge is 0.393 e. The number of nitriles is 1. The van der Waals surface area contributed by atoms with E-state index in [-0.39, 0.29) is 54.5 Å². The van der Waals surface area contributed by atoms with Crippen molar-refractivity contribution in [2.45, 2.75) is 56.8 Å². The molecule has 0 spiro atoms. The summed E-state index contributed by atoms with van der Waals surface area (Å²) < 4.78 is 45.0. The van der Waals surface area contributed by atoms with Crippen molar-refractivity contribution in [2.24, 2.45) is 0 Å². The molecule has 8 nitrogen and oxygen atoms in total. The first-order valence-corrected chi connectivity index (χ1v) is 10.1. The third-order valence-electron chi connectivity index (χ3n) is 6.06. The van der Waals surface area contributed by atoms with Crippen molar-refractivity contribution in [1.29, 1.82) is 5.26 Å². The highest BCUT2D eigenvalue weighted by Crippen LogP contribution is 2.44. The Bertz CT molecular complexity index is 1110. The van der Waals surface area contributed by atoms with Gasteiger partial charge in [0.25, 0.3) is 5.92 Å². The quantitative estimate of drug-likeness (QED) is 0.652. The summed E-state index contributed by atoms with van der Waals surface area (Å²) >= 11 is 0. The van der Waals surface area contributed by atoms with Gasteiger partial charge in [0.05, 0.1) is 30.0 Å². The van der Waals surface area contributed by atoms with Crippen LogP contribution >= 0.6 is 0 Å². The number of halogens is 3. The topological polar surface area (TPSA) is 114 Å². The Kier molecular flexibility index (Phi) is 5.38. The number of nitrogens with zero attached hydrogens (tertiary/aromatic N) is 4. The van der Waals surface area contributed by atoms with Crippen molar-refractivity contribution in [2.75, 3.05) is 11.9 Å². The van der Waals surface area contributed by atoms with Crippen LogP contribution in [0.5, 0.6) is 0 Å². The maximum atomic E-state index is 15.1. The third-order valence-corrected chi connectivity index (χ3v) is 6.06. The molecule has 0 unspecified atom stereocenters. The number of aliphatic hydroxyl groups is 2. The minimum absolute atomic E-state index is 0.0159. The summed E-state index contributed by atoms with van der Waals surface area (Å²) in [6, 6.07) is 4.34. The van der Waals surface area contributed by atoms with Gasteiger partial charge in [-0.3, -0.25) is 4.68 Å². The molecule has 32 heavy (non-hydrogen) atoms. The van der Waals surface area contributed by atoms with E-state index in [9.17, 15) is 19.4 Å². The molecule has 0 bridgehead atoms. The minimum Gasteiger partial charge on any atom is -0.393 e. The molecule has 0 fully saturated rings. The van der Waals surface area contributed by atoms with Gasteiger partial charge in [0.2, 0.25) is 0 Å². The number of aryl methyl sites for hydroxylation is 1. The Morgan fingerprint density at radius 3 is 2.88 bits per heavy atom. The number of carbonyl (C=O) groups excluding carboxylic acids is 1. The number of aromatic nitrogens is 2. The van der Waals surface area contributed by atoms with E-state index in [0.717, 1.165) is 6.07 Å². The molecule has 170 valence electrons. The molecule has 1 aromatic heterocycles. The van der Waals surface area contributed by atoms with Crippen molar-refractivity contribution < 1.29 is 28.2 Å². The third kappa shape index (κ3) is 3.80. The minimum atomic E-state index is -3.45. The fraction of sp³-hybridized carbons (Fsp3) is 0.476. The van der Waals surface area contributed by atoms with Crippen LogP contribution in [0.1, 0.15) is 42.3 Å².